The van der Waals surface area contributed by atoms with Crippen molar-refractivity contribution in [1.29, 1.82) is 0 Å². The first-order chi connectivity index (χ1) is 17.1. The number of hydrogen-bond donors (Lipinski definition) is 1. The van der Waals surface area contributed by atoms with Crippen LogP contribution in [0.5, 0.6) is 0 Å². The van der Waals surface area contributed by atoms with Crippen molar-refractivity contribution < 1.29 is 14.4 Å². The van der Waals surface area contributed by atoms with Crippen LogP contribution in [-0.4, -0.2) is 33.6 Å². The lowest BCUT2D eigenvalue weighted by molar-refractivity contribution is -0.125. The average Bonchev–Trinajstić information content (AvgIpc) is 3.44. The summed E-state index contributed by atoms with van der Waals surface area (Å²) in [4.78, 5) is 45.3. The number of rotatable bonds is 8. The lowest BCUT2D eigenvalue weighted by Crippen LogP contribution is -2.50. The minimum absolute atomic E-state index is 0.221. The van der Waals surface area contributed by atoms with E-state index in [1.165, 1.54) is 5.56 Å². The zero-order valence-corrected chi connectivity index (χ0v) is 19.7. The Bertz CT molecular complexity index is 1330. The van der Waals surface area contributed by atoms with Gasteiger partial charge in [0.2, 0.25) is 5.91 Å². The molecule has 35 heavy (non-hydrogen) atoms. The van der Waals surface area contributed by atoms with Crippen LogP contribution >= 0.6 is 11.3 Å². The summed E-state index contributed by atoms with van der Waals surface area (Å²) in [6.45, 7) is 0.221. The third-order valence-electron chi connectivity index (χ3n) is 5.95. The summed E-state index contributed by atoms with van der Waals surface area (Å²) in [6.07, 6.45) is 0.958. The molecule has 1 unspecified atom stereocenters. The molecule has 0 bridgehead atoms. The van der Waals surface area contributed by atoms with Gasteiger partial charge in [-0.25, -0.2) is 4.98 Å². The fraction of sp³-hybridized carbons (Fsp3) is 0.143. The van der Waals surface area contributed by atoms with Gasteiger partial charge in [-0.15, -0.1) is 11.3 Å². The van der Waals surface area contributed by atoms with Gasteiger partial charge in [-0.2, -0.15) is 0 Å². The molecule has 0 radical (unpaired) electrons. The quantitative estimate of drug-likeness (QED) is 0.382. The monoisotopic (exact) mass is 481 g/mol. The van der Waals surface area contributed by atoms with E-state index in [-0.39, 0.29) is 18.9 Å². The van der Waals surface area contributed by atoms with E-state index >= 15 is 0 Å². The van der Waals surface area contributed by atoms with E-state index in [0.29, 0.717) is 11.1 Å². The van der Waals surface area contributed by atoms with E-state index in [9.17, 15) is 14.4 Å². The Morgan fingerprint density at radius 2 is 1.40 bits per heavy atom. The van der Waals surface area contributed by atoms with E-state index in [4.69, 9.17) is 0 Å². The molecule has 7 heteroatoms. The second-order valence-corrected chi connectivity index (χ2v) is 9.29. The maximum absolute atomic E-state index is 13.4. The molecule has 2 heterocycles. The van der Waals surface area contributed by atoms with Gasteiger partial charge in [0.15, 0.2) is 0 Å². The van der Waals surface area contributed by atoms with Gasteiger partial charge in [-0.1, -0.05) is 72.8 Å². The Hall–Kier alpha value is -4.10. The Morgan fingerprint density at radius 3 is 2.03 bits per heavy atom. The van der Waals surface area contributed by atoms with Crippen molar-refractivity contribution >= 4 is 29.1 Å². The molecule has 0 spiro atoms. The van der Waals surface area contributed by atoms with Crippen LogP contribution in [0.1, 0.15) is 42.5 Å². The van der Waals surface area contributed by atoms with Crippen molar-refractivity contribution in [2.45, 2.75) is 25.4 Å². The van der Waals surface area contributed by atoms with Crippen LogP contribution in [0, 0.1) is 0 Å². The van der Waals surface area contributed by atoms with Gasteiger partial charge in [-0.05, 0) is 23.3 Å². The molecule has 1 aliphatic rings. The van der Waals surface area contributed by atoms with Crippen LogP contribution in [0.3, 0.4) is 0 Å². The van der Waals surface area contributed by atoms with Crippen molar-refractivity contribution in [1.82, 2.24) is 15.2 Å². The molecule has 1 N–H and O–H groups in total. The van der Waals surface area contributed by atoms with Crippen molar-refractivity contribution in [3.05, 3.63) is 123 Å². The summed E-state index contributed by atoms with van der Waals surface area (Å²) in [6, 6.07) is 25.2. The third kappa shape index (κ3) is 4.90. The molecule has 6 nitrogen and oxygen atoms in total. The topological polar surface area (TPSA) is 79.4 Å². The lowest BCUT2D eigenvalue weighted by atomic mass is 10.0. The lowest BCUT2D eigenvalue weighted by Gasteiger charge is -2.25. The molecule has 5 rings (SSSR count). The number of amides is 3. The molecule has 0 saturated carbocycles. The minimum Gasteiger partial charge on any atom is -0.349 e. The van der Waals surface area contributed by atoms with Crippen molar-refractivity contribution in [3.63, 3.8) is 0 Å². The first-order valence-corrected chi connectivity index (χ1v) is 12.2. The zero-order valence-electron chi connectivity index (χ0n) is 18.9. The number of carbonyl (C=O) groups is 3. The Balaban J connectivity index is 1.32. The summed E-state index contributed by atoms with van der Waals surface area (Å²) in [5.74, 6) is -1.28. The largest absolute Gasteiger partial charge is 0.349 e. The molecule has 1 aromatic heterocycles. The maximum Gasteiger partial charge on any atom is 0.262 e. The highest BCUT2D eigenvalue weighted by molar-refractivity contribution is 7.09. The average molecular weight is 482 g/mol. The first kappa shape index (κ1) is 22.7. The van der Waals surface area contributed by atoms with Crippen LogP contribution in [0.2, 0.25) is 0 Å². The number of imide groups is 1. The smallest absolute Gasteiger partial charge is 0.262 e. The van der Waals surface area contributed by atoms with Crippen LogP contribution in [0.4, 0.5) is 0 Å². The molecule has 3 amide bonds. The Kier molecular flexibility index (Phi) is 6.50. The highest BCUT2D eigenvalue weighted by Crippen LogP contribution is 2.26. The molecule has 0 aliphatic carbocycles. The van der Waals surface area contributed by atoms with Gasteiger partial charge >= 0.3 is 0 Å². The van der Waals surface area contributed by atoms with Crippen molar-refractivity contribution in [3.8, 4) is 0 Å². The second-order valence-electron chi connectivity index (χ2n) is 8.34. The summed E-state index contributed by atoms with van der Waals surface area (Å²) < 4.78 is 0. The van der Waals surface area contributed by atoms with Crippen LogP contribution in [-0.2, 0) is 24.2 Å². The minimum atomic E-state index is -0.966. The van der Waals surface area contributed by atoms with Gasteiger partial charge in [0.25, 0.3) is 11.8 Å². The zero-order chi connectivity index (χ0) is 24.2. The van der Waals surface area contributed by atoms with E-state index in [0.717, 1.165) is 27.6 Å². The summed E-state index contributed by atoms with van der Waals surface area (Å²) in [5.41, 5.74) is 3.44. The highest BCUT2D eigenvalue weighted by atomic mass is 32.1. The number of benzene rings is 3. The van der Waals surface area contributed by atoms with Crippen molar-refractivity contribution in [2.75, 3.05) is 0 Å². The van der Waals surface area contributed by atoms with E-state index < -0.39 is 17.9 Å². The number of thiazole rings is 1. The third-order valence-corrected chi connectivity index (χ3v) is 6.85. The number of hydrogen-bond acceptors (Lipinski definition) is 5. The van der Waals surface area contributed by atoms with Gasteiger partial charge in [0.1, 0.15) is 6.04 Å². The molecule has 1 atom stereocenters. The molecule has 1 aliphatic heterocycles. The van der Waals surface area contributed by atoms with E-state index in [2.05, 4.69) is 22.4 Å². The predicted octanol–water partition coefficient (Wildman–Crippen LogP) is 4.26. The number of nitrogens with zero attached hydrogens (tertiary/aromatic N) is 2. The molecule has 174 valence electrons. The maximum atomic E-state index is 13.4. The van der Waals surface area contributed by atoms with E-state index in [1.807, 2.05) is 53.9 Å². The molecular weight excluding hydrogens is 458 g/mol. The number of nitrogens with one attached hydrogen (secondary N) is 1. The SMILES string of the molecule is O=C(NCc1csc(Cc2ccccc2)n1)C(Cc1ccccc1)N1C(=O)c2ccccc2C1=O. The molecule has 3 aromatic carbocycles. The fourth-order valence-corrected chi connectivity index (χ4v) is 5.03. The highest BCUT2D eigenvalue weighted by Gasteiger charge is 2.42. The normalized spacial score (nSPS) is 13.5. The Morgan fingerprint density at radius 1 is 0.829 bits per heavy atom. The first-order valence-electron chi connectivity index (χ1n) is 11.4. The number of fused-ring (bicyclic) bond motifs is 1. The summed E-state index contributed by atoms with van der Waals surface area (Å²) >= 11 is 1.54. The van der Waals surface area contributed by atoms with Crippen LogP contribution in [0.15, 0.2) is 90.3 Å². The molecule has 0 fully saturated rings. The molecular formula is C28H23N3O3S. The van der Waals surface area contributed by atoms with Gasteiger partial charge in [0, 0.05) is 18.2 Å². The van der Waals surface area contributed by atoms with Gasteiger partial charge in [0.05, 0.1) is 28.4 Å². The van der Waals surface area contributed by atoms with Crippen LogP contribution < -0.4 is 5.32 Å². The van der Waals surface area contributed by atoms with Gasteiger partial charge in [-0.3, -0.25) is 19.3 Å². The number of carbonyl (C=O) groups excluding carboxylic acids is 3. The standard InChI is InChI=1S/C28H23N3O3S/c32-26(29-17-21-18-35-25(30-21)16-20-11-5-2-6-12-20)24(15-19-9-3-1-4-10-19)31-27(33)22-13-7-8-14-23(22)28(31)34/h1-14,18,24H,15-17H2,(H,29,32). The molecule has 4 aromatic rings. The van der Waals surface area contributed by atoms with Crippen molar-refractivity contribution in [2.24, 2.45) is 0 Å². The van der Waals surface area contributed by atoms with Crippen LogP contribution in [0.25, 0.3) is 0 Å². The Labute approximate surface area is 207 Å². The second kappa shape index (κ2) is 10.0. The van der Waals surface area contributed by atoms with E-state index in [1.54, 1.807) is 35.6 Å². The number of aromatic nitrogens is 1. The predicted molar refractivity (Wildman–Crippen MR) is 134 cm³/mol. The summed E-state index contributed by atoms with van der Waals surface area (Å²) in [7, 11) is 0. The summed E-state index contributed by atoms with van der Waals surface area (Å²) in [5, 5.41) is 5.78. The fourth-order valence-electron chi connectivity index (χ4n) is 4.21. The van der Waals surface area contributed by atoms with Gasteiger partial charge < -0.3 is 5.32 Å². The molecule has 0 saturated heterocycles.